The van der Waals surface area contributed by atoms with Gasteiger partial charge < -0.3 is 9.30 Å². The van der Waals surface area contributed by atoms with Crippen molar-refractivity contribution in [2.24, 2.45) is 5.92 Å². The Morgan fingerprint density at radius 3 is 2.55 bits per heavy atom. The van der Waals surface area contributed by atoms with E-state index in [1.165, 1.54) is 0 Å². The Morgan fingerprint density at radius 2 is 1.95 bits per heavy atom. The number of hydrogen-bond donors (Lipinski definition) is 0. The highest BCUT2D eigenvalue weighted by atomic mass is 16.5. The molecule has 0 spiro atoms. The molecule has 0 amide bonds. The van der Waals surface area contributed by atoms with Gasteiger partial charge in [0.05, 0.1) is 18.4 Å². The van der Waals surface area contributed by atoms with Gasteiger partial charge in [-0.3, -0.25) is 9.59 Å². The number of hydrogen-bond acceptors (Lipinski definition) is 3. The van der Waals surface area contributed by atoms with Crippen LogP contribution in [0.4, 0.5) is 0 Å². The fraction of sp³-hybridized carbons (Fsp3) is 0.333. The Morgan fingerprint density at radius 1 is 1.23 bits per heavy atom. The molecule has 0 unspecified atom stereocenters. The highest BCUT2D eigenvalue weighted by Crippen LogP contribution is 2.30. The summed E-state index contributed by atoms with van der Waals surface area (Å²) < 4.78 is 7.08. The van der Waals surface area contributed by atoms with Gasteiger partial charge in [-0.2, -0.15) is 0 Å². The average molecular weight is 299 g/mol. The van der Waals surface area contributed by atoms with Crippen LogP contribution in [0.15, 0.2) is 35.1 Å². The molecule has 22 heavy (non-hydrogen) atoms. The van der Waals surface area contributed by atoms with Crippen LogP contribution in [0.5, 0.6) is 5.75 Å². The molecule has 0 aliphatic carbocycles. The van der Waals surface area contributed by atoms with Gasteiger partial charge in [0.1, 0.15) is 5.75 Å². The SMILES string of the molecule is COc1ccc(C)cc1-c1ccc(C=O)c(=O)n1CC(C)C. The third-order valence-electron chi connectivity index (χ3n) is 3.51. The van der Waals surface area contributed by atoms with Crippen LogP contribution in [0.3, 0.4) is 0 Å². The Labute approximate surface area is 130 Å². The van der Waals surface area contributed by atoms with Gasteiger partial charge in [0, 0.05) is 12.1 Å². The molecule has 0 saturated carbocycles. The lowest BCUT2D eigenvalue weighted by atomic mass is 10.0. The number of aromatic nitrogens is 1. The topological polar surface area (TPSA) is 48.3 Å². The molecule has 0 saturated heterocycles. The highest BCUT2D eigenvalue weighted by Gasteiger charge is 2.15. The van der Waals surface area contributed by atoms with Crippen LogP contribution in [-0.4, -0.2) is 18.0 Å². The van der Waals surface area contributed by atoms with E-state index in [2.05, 4.69) is 0 Å². The minimum absolute atomic E-state index is 0.177. The first-order valence-electron chi connectivity index (χ1n) is 7.32. The molecule has 0 atom stereocenters. The number of methoxy groups -OCH3 is 1. The van der Waals surface area contributed by atoms with Crippen molar-refractivity contribution in [1.82, 2.24) is 4.57 Å². The number of carbonyl (C=O) groups excluding carboxylic acids is 1. The Bertz CT molecular complexity index is 744. The summed E-state index contributed by atoms with van der Waals surface area (Å²) in [7, 11) is 1.61. The van der Waals surface area contributed by atoms with Crippen LogP contribution in [0.25, 0.3) is 11.3 Å². The molecule has 0 bridgehead atoms. The summed E-state index contributed by atoms with van der Waals surface area (Å²) in [5.74, 6) is 0.996. The lowest BCUT2D eigenvalue weighted by molar-refractivity contribution is 0.112. The third-order valence-corrected chi connectivity index (χ3v) is 3.51. The third kappa shape index (κ3) is 3.11. The van der Waals surface area contributed by atoms with Crippen LogP contribution >= 0.6 is 0 Å². The second-order valence-corrected chi connectivity index (χ2v) is 5.81. The lowest BCUT2D eigenvalue weighted by Crippen LogP contribution is -2.26. The van der Waals surface area contributed by atoms with E-state index in [1.54, 1.807) is 17.7 Å². The van der Waals surface area contributed by atoms with E-state index >= 15 is 0 Å². The minimum Gasteiger partial charge on any atom is -0.496 e. The van der Waals surface area contributed by atoms with Gasteiger partial charge in [0.25, 0.3) is 5.56 Å². The van der Waals surface area contributed by atoms with E-state index < -0.39 is 0 Å². The number of benzene rings is 1. The summed E-state index contributed by atoms with van der Waals surface area (Å²) in [6, 6.07) is 9.23. The minimum atomic E-state index is -0.259. The standard InChI is InChI=1S/C18H21NO3/c1-12(2)10-19-16(7-6-14(11-20)18(19)21)15-9-13(3)5-8-17(15)22-4/h5-9,11-12H,10H2,1-4H3. The number of aldehydes is 1. The number of ether oxygens (including phenoxy) is 1. The first kappa shape index (κ1) is 16.0. The lowest BCUT2D eigenvalue weighted by Gasteiger charge is -2.18. The first-order valence-corrected chi connectivity index (χ1v) is 7.32. The number of rotatable bonds is 5. The Hall–Kier alpha value is -2.36. The van der Waals surface area contributed by atoms with Gasteiger partial charge in [0.2, 0.25) is 0 Å². The average Bonchev–Trinajstić information content (AvgIpc) is 2.49. The molecule has 4 nitrogen and oxygen atoms in total. The molecule has 1 heterocycles. The van der Waals surface area contributed by atoms with Crippen LogP contribution in [0.1, 0.15) is 29.8 Å². The number of carbonyl (C=O) groups is 1. The zero-order chi connectivity index (χ0) is 16.3. The van der Waals surface area contributed by atoms with Gasteiger partial charge >= 0.3 is 0 Å². The summed E-state index contributed by atoms with van der Waals surface area (Å²) in [6.45, 7) is 6.62. The van der Waals surface area contributed by atoms with Crippen molar-refractivity contribution in [2.45, 2.75) is 27.3 Å². The maximum Gasteiger partial charge on any atom is 0.261 e. The fourth-order valence-corrected chi connectivity index (χ4v) is 2.49. The molecular formula is C18H21NO3. The predicted octanol–water partition coefficient (Wildman–Crippen LogP) is 3.30. The molecule has 1 aromatic carbocycles. The van der Waals surface area contributed by atoms with Crippen LogP contribution in [-0.2, 0) is 6.54 Å². The molecule has 2 aromatic rings. The van der Waals surface area contributed by atoms with E-state index in [0.717, 1.165) is 16.8 Å². The summed E-state index contributed by atoms with van der Waals surface area (Å²) in [5.41, 5.74) is 2.63. The highest BCUT2D eigenvalue weighted by molar-refractivity contribution is 5.76. The van der Waals surface area contributed by atoms with Crippen molar-refractivity contribution in [1.29, 1.82) is 0 Å². The first-order chi connectivity index (χ1) is 10.5. The molecule has 1 aromatic heterocycles. The van der Waals surface area contributed by atoms with Crippen molar-refractivity contribution in [3.8, 4) is 17.0 Å². The van der Waals surface area contributed by atoms with Crippen LogP contribution in [0.2, 0.25) is 0 Å². The molecular weight excluding hydrogens is 278 g/mol. The molecule has 0 fully saturated rings. The van der Waals surface area contributed by atoms with Gasteiger partial charge in [-0.25, -0.2) is 0 Å². The summed E-state index contributed by atoms with van der Waals surface area (Å²) in [5, 5.41) is 0. The van der Waals surface area contributed by atoms with Crippen molar-refractivity contribution in [2.75, 3.05) is 7.11 Å². The van der Waals surface area contributed by atoms with E-state index in [-0.39, 0.29) is 17.0 Å². The van der Waals surface area contributed by atoms with Crippen molar-refractivity contribution >= 4 is 6.29 Å². The van der Waals surface area contributed by atoms with E-state index in [4.69, 9.17) is 4.74 Å². The van der Waals surface area contributed by atoms with Crippen molar-refractivity contribution < 1.29 is 9.53 Å². The predicted molar refractivity (Wildman–Crippen MR) is 87.7 cm³/mol. The smallest absolute Gasteiger partial charge is 0.261 e. The maximum absolute atomic E-state index is 12.5. The van der Waals surface area contributed by atoms with E-state index in [0.29, 0.717) is 18.6 Å². The Balaban J connectivity index is 2.75. The second kappa shape index (κ2) is 6.60. The van der Waals surface area contributed by atoms with E-state index in [9.17, 15) is 9.59 Å². The normalized spacial score (nSPS) is 10.8. The number of pyridine rings is 1. The number of nitrogens with zero attached hydrogens (tertiary/aromatic N) is 1. The van der Waals surface area contributed by atoms with Crippen molar-refractivity contribution in [3.63, 3.8) is 0 Å². The van der Waals surface area contributed by atoms with Gasteiger partial charge in [-0.05, 0) is 37.1 Å². The zero-order valence-corrected chi connectivity index (χ0v) is 13.4. The number of aryl methyl sites for hydroxylation is 1. The van der Waals surface area contributed by atoms with Crippen LogP contribution in [0, 0.1) is 12.8 Å². The Kier molecular flexibility index (Phi) is 4.81. The zero-order valence-electron chi connectivity index (χ0n) is 13.4. The van der Waals surface area contributed by atoms with E-state index in [1.807, 2.05) is 45.0 Å². The van der Waals surface area contributed by atoms with Gasteiger partial charge in [0.15, 0.2) is 6.29 Å². The quantitative estimate of drug-likeness (QED) is 0.796. The molecule has 4 heteroatoms. The maximum atomic E-state index is 12.5. The van der Waals surface area contributed by atoms with Gasteiger partial charge in [-0.1, -0.05) is 25.5 Å². The second-order valence-electron chi connectivity index (χ2n) is 5.81. The molecule has 2 rings (SSSR count). The van der Waals surface area contributed by atoms with Crippen LogP contribution < -0.4 is 10.3 Å². The monoisotopic (exact) mass is 299 g/mol. The molecule has 0 N–H and O–H groups in total. The molecule has 0 aliphatic rings. The fourth-order valence-electron chi connectivity index (χ4n) is 2.49. The van der Waals surface area contributed by atoms with Gasteiger partial charge in [-0.15, -0.1) is 0 Å². The summed E-state index contributed by atoms with van der Waals surface area (Å²) in [6.07, 6.45) is 0.608. The summed E-state index contributed by atoms with van der Waals surface area (Å²) in [4.78, 5) is 23.6. The van der Waals surface area contributed by atoms with Crippen molar-refractivity contribution in [3.05, 3.63) is 51.8 Å². The summed E-state index contributed by atoms with van der Waals surface area (Å²) >= 11 is 0. The largest absolute Gasteiger partial charge is 0.496 e. The molecule has 116 valence electrons. The molecule has 0 radical (unpaired) electrons. The molecule has 0 aliphatic heterocycles.